The molecule has 0 saturated carbocycles. The number of nitrogens with zero attached hydrogens (tertiary/aromatic N) is 4. The first-order valence-electron chi connectivity index (χ1n) is 11.2. The predicted octanol–water partition coefficient (Wildman–Crippen LogP) is 5.53. The fourth-order valence-electron chi connectivity index (χ4n) is 4.01. The number of aromatic nitrogens is 3. The highest BCUT2D eigenvalue weighted by atomic mass is 32.1. The van der Waals surface area contributed by atoms with Crippen LogP contribution >= 0.6 is 11.3 Å². The van der Waals surface area contributed by atoms with Crippen LogP contribution in [0.5, 0.6) is 0 Å². The third kappa shape index (κ3) is 5.10. The summed E-state index contributed by atoms with van der Waals surface area (Å²) in [7, 11) is 0. The van der Waals surface area contributed by atoms with E-state index in [0.29, 0.717) is 29.9 Å². The number of benzene rings is 2. The molecule has 0 bridgehead atoms. The van der Waals surface area contributed by atoms with Crippen molar-refractivity contribution < 1.29 is 0 Å². The fraction of sp³-hybridized carbons (Fsp3) is 0.259. The minimum Gasteiger partial charge on any atom is -0.290 e. The highest BCUT2D eigenvalue weighted by molar-refractivity contribution is 7.09. The minimum absolute atomic E-state index is 0.0190. The van der Waals surface area contributed by atoms with Crippen molar-refractivity contribution in [3.8, 4) is 17.2 Å². The highest BCUT2D eigenvalue weighted by Gasteiger charge is 2.17. The lowest BCUT2D eigenvalue weighted by molar-refractivity contribution is 0.660. The molecule has 166 valence electrons. The molecule has 5 nitrogen and oxygen atoms in total. The second-order valence-electron chi connectivity index (χ2n) is 8.04. The van der Waals surface area contributed by atoms with Gasteiger partial charge in [0.05, 0.1) is 23.9 Å². The van der Waals surface area contributed by atoms with E-state index in [9.17, 15) is 10.1 Å². The maximum atomic E-state index is 13.6. The Balaban J connectivity index is 1.74. The summed E-state index contributed by atoms with van der Waals surface area (Å²) in [5.74, 6) is 0.710. The summed E-state index contributed by atoms with van der Waals surface area (Å²) in [5.41, 5.74) is 5.00. The monoisotopic (exact) mass is 454 g/mol. The number of aryl methyl sites for hydroxylation is 2. The van der Waals surface area contributed by atoms with E-state index in [1.807, 2.05) is 60.8 Å². The minimum atomic E-state index is -0.0190. The van der Waals surface area contributed by atoms with Crippen molar-refractivity contribution in [1.29, 1.82) is 5.26 Å². The number of hydrogen-bond donors (Lipinski definition) is 0. The third-order valence-electron chi connectivity index (χ3n) is 5.75. The van der Waals surface area contributed by atoms with E-state index in [1.165, 1.54) is 11.3 Å². The van der Waals surface area contributed by atoms with Gasteiger partial charge in [-0.2, -0.15) is 5.26 Å². The molecule has 2 heterocycles. The molecule has 0 radical (unpaired) electrons. The zero-order chi connectivity index (χ0) is 23.2. The molecule has 0 N–H and O–H groups in total. The average Bonchev–Trinajstić information content (AvgIpc) is 3.36. The molecule has 6 heteroatoms. The lowest BCUT2D eigenvalue weighted by Crippen LogP contribution is -2.30. The fourth-order valence-corrected chi connectivity index (χ4v) is 4.61. The van der Waals surface area contributed by atoms with Crippen molar-refractivity contribution >= 4 is 11.3 Å². The number of hydrogen-bond acceptors (Lipinski definition) is 5. The Labute approximate surface area is 198 Å². The van der Waals surface area contributed by atoms with Crippen LogP contribution in [0.1, 0.15) is 53.0 Å². The van der Waals surface area contributed by atoms with Crippen molar-refractivity contribution in [2.75, 3.05) is 0 Å². The third-order valence-corrected chi connectivity index (χ3v) is 6.52. The zero-order valence-corrected chi connectivity index (χ0v) is 19.7. The number of unbranched alkanes of at least 4 members (excludes halogenated alkanes) is 1. The molecule has 2 aromatic carbocycles. The van der Waals surface area contributed by atoms with Gasteiger partial charge in [0, 0.05) is 23.6 Å². The normalized spacial score (nSPS) is 10.8. The van der Waals surface area contributed by atoms with Crippen LogP contribution in [-0.2, 0) is 19.4 Å². The van der Waals surface area contributed by atoms with Crippen LogP contribution in [-0.4, -0.2) is 14.5 Å². The molecule has 0 amide bonds. The highest BCUT2D eigenvalue weighted by Crippen LogP contribution is 2.25. The Kier molecular flexibility index (Phi) is 7.11. The maximum Gasteiger partial charge on any atom is 0.257 e. The lowest BCUT2D eigenvalue weighted by atomic mass is 9.95. The molecule has 0 saturated heterocycles. The molecule has 0 aliphatic heterocycles. The molecular formula is C27H26N4OS. The van der Waals surface area contributed by atoms with Crippen molar-refractivity contribution in [3.05, 3.63) is 104 Å². The van der Waals surface area contributed by atoms with Crippen molar-refractivity contribution in [1.82, 2.24) is 14.5 Å². The van der Waals surface area contributed by atoms with E-state index in [0.717, 1.165) is 46.7 Å². The Morgan fingerprint density at radius 1 is 1.15 bits per heavy atom. The molecule has 4 rings (SSSR count). The molecule has 0 spiro atoms. The van der Waals surface area contributed by atoms with Crippen LogP contribution in [0.2, 0.25) is 0 Å². The van der Waals surface area contributed by atoms with Gasteiger partial charge in [-0.3, -0.25) is 9.36 Å². The molecule has 0 aliphatic rings. The van der Waals surface area contributed by atoms with Gasteiger partial charge in [-0.15, -0.1) is 11.3 Å². The second-order valence-corrected chi connectivity index (χ2v) is 9.02. The van der Waals surface area contributed by atoms with Gasteiger partial charge >= 0.3 is 0 Å². The number of thiazole rings is 1. The van der Waals surface area contributed by atoms with Gasteiger partial charge in [-0.25, -0.2) is 9.97 Å². The largest absolute Gasteiger partial charge is 0.290 e. The molecule has 0 aliphatic carbocycles. The van der Waals surface area contributed by atoms with Gasteiger partial charge < -0.3 is 0 Å². The smallest absolute Gasteiger partial charge is 0.257 e. The van der Waals surface area contributed by atoms with Crippen molar-refractivity contribution in [3.63, 3.8) is 0 Å². The van der Waals surface area contributed by atoms with Crippen LogP contribution in [0.25, 0.3) is 11.1 Å². The molecule has 0 fully saturated rings. The molecule has 2 aromatic heterocycles. The standard InChI is InChI=1S/C27H26N4OS/c1-3-4-10-25-24(27(32)31(19(2)30-25)18-26-29-13-14-33-26)16-20-11-12-23(22(15-20)17-28)21-8-6-5-7-9-21/h5-9,11-15H,3-4,10,16,18H2,1-2H3. The topological polar surface area (TPSA) is 71.6 Å². The summed E-state index contributed by atoms with van der Waals surface area (Å²) >= 11 is 1.53. The van der Waals surface area contributed by atoms with Crippen LogP contribution in [0.15, 0.2) is 64.9 Å². The summed E-state index contributed by atoms with van der Waals surface area (Å²) < 4.78 is 1.72. The van der Waals surface area contributed by atoms with E-state index in [2.05, 4.69) is 18.0 Å². The Morgan fingerprint density at radius 2 is 1.97 bits per heavy atom. The maximum absolute atomic E-state index is 13.6. The van der Waals surface area contributed by atoms with Gasteiger partial charge in [-0.1, -0.05) is 55.8 Å². The van der Waals surface area contributed by atoms with Crippen LogP contribution in [0.3, 0.4) is 0 Å². The molecular weight excluding hydrogens is 428 g/mol. The summed E-state index contributed by atoms with van der Waals surface area (Å²) in [6.45, 7) is 4.45. The summed E-state index contributed by atoms with van der Waals surface area (Å²) in [6.07, 6.45) is 4.99. The van der Waals surface area contributed by atoms with E-state index in [-0.39, 0.29) is 5.56 Å². The first-order chi connectivity index (χ1) is 16.1. The van der Waals surface area contributed by atoms with Gasteiger partial charge in [0.15, 0.2) is 0 Å². The predicted molar refractivity (Wildman–Crippen MR) is 132 cm³/mol. The van der Waals surface area contributed by atoms with E-state index >= 15 is 0 Å². The Morgan fingerprint density at radius 3 is 2.67 bits per heavy atom. The molecule has 0 atom stereocenters. The van der Waals surface area contributed by atoms with Gasteiger partial charge in [-0.05, 0) is 42.5 Å². The first kappa shape index (κ1) is 22.6. The van der Waals surface area contributed by atoms with Crippen LogP contribution in [0.4, 0.5) is 0 Å². The Hall–Kier alpha value is -3.56. The van der Waals surface area contributed by atoms with Crippen LogP contribution < -0.4 is 5.56 Å². The SMILES string of the molecule is CCCCc1nc(C)n(Cc2nccs2)c(=O)c1Cc1ccc(-c2ccccc2)c(C#N)c1. The first-order valence-corrected chi connectivity index (χ1v) is 12.0. The second kappa shape index (κ2) is 10.4. The van der Waals surface area contributed by atoms with E-state index in [1.54, 1.807) is 10.8 Å². The summed E-state index contributed by atoms with van der Waals surface area (Å²) in [4.78, 5) is 22.7. The number of rotatable bonds is 8. The van der Waals surface area contributed by atoms with E-state index in [4.69, 9.17) is 4.98 Å². The molecule has 0 unspecified atom stereocenters. The lowest BCUT2D eigenvalue weighted by Gasteiger charge is -2.15. The van der Waals surface area contributed by atoms with Crippen LogP contribution in [0, 0.1) is 18.3 Å². The Bertz CT molecular complexity index is 1340. The summed E-state index contributed by atoms with van der Waals surface area (Å²) in [5, 5.41) is 12.6. The average molecular weight is 455 g/mol. The van der Waals surface area contributed by atoms with Gasteiger partial charge in [0.1, 0.15) is 10.8 Å². The van der Waals surface area contributed by atoms with Crippen molar-refractivity contribution in [2.45, 2.75) is 46.1 Å². The number of nitriles is 1. The molecule has 4 aromatic rings. The summed E-state index contributed by atoms with van der Waals surface area (Å²) in [6, 6.07) is 18.1. The van der Waals surface area contributed by atoms with Gasteiger partial charge in [0.2, 0.25) is 0 Å². The zero-order valence-electron chi connectivity index (χ0n) is 18.9. The molecule has 33 heavy (non-hydrogen) atoms. The van der Waals surface area contributed by atoms with Crippen molar-refractivity contribution in [2.24, 2.45) is 0 Å². The quantitative estimate of drug-likeness (QED) is 0.351. The van der Waals surface area contributed by atoms with E-state index < -0.39 is 0 Å². The van der Waals surface area contributed by atoms with Gasteiger partial charge in [0.25, 0.3) is 5.56 Å².